The van der Waals surface area contributed by atoms with Crippen molar-refractivity contribution in [1.29, 1.82) is 0 Å². The van der Waals surface area contributed by atoms with E-state index in [1.165, 1.54) is 10.9 Å². The van der Waals surface area contributed by atoms with Crippen LogP contribution in [0.15, 0.2) is 30.5 Å². The van der Waals surface area contributed by atoms with Crippen LogP contribution < -0.4 is 5.32 Å². The highest BCUT2D eigenvalue weighted by Crippen LogP contribution is 2.42. The van der Waals surface area contributed by atoms with Gasteiger partial charge in [0, 0.05) is 18.9 Å². The zero-order valence-electron chi connectivity index (χ0n) is 15.4. The molecule has 1 aliphatic carbocycles. The fourth-order valence-corrected chi connectivity index (χ4v) is 3.53. The molecule has 2 N–H and O–H groups in total. The number of aromatic nitrogens is 3. The van der Waals surface area contributed by atoms with E-state index in [1.54, 1.807) is 18.2 Å². The molecule has 8 heteroatoms. The quantitative estimate of drug-likeness (QED) is 0.690. The number of carbonyl (C=O) groups excluding carboxylic acids is 1. The van der Waals surface area contributed by atoms with Crippen LogP contribution in [0.25, 0.3) is 5.69 Å². The molecule has 0 saturated heterocycles. The normalized spacial score (nSPS) is 15.6. The standard InChI is InChI=1S/C19H24N4O4/c1-2-27-11-10-19(8-3-4-9-19)18(26)20-14-6-5-7-15(12-14)23-13-16(17(24)25)21-22-23/h5-7,12-13H,2-4,8-11H2,1H3,(H,20,26)(H,24,25). The SMILES string of the molecule is CCOCCC1(C(=O)Nc2cccc(-n3cc(C(=O)O)nn3)c2)CCCC1. The van der Waals surface area contributed by atoms with Crippen molar-refractivity contribution in [2.75, 3.05) is 18.5 Å². The first-order chi connectivity index (χ1) is 13.0. The van der Waals surface area contributed by atoms with Gasteiger partial charge in [-0.15, -0.1) is 5.10 Å². The van der Waals surface area contributed by atoms with Crippen LogP contribution >= 0.6 is 0 Å². The van der Waals surface area contributed by atoms with Crippen LogP contribution in [0.4, 0.5) is 5.69 Å². The highest BCUT2D eigenvalue weighted by Gasteiger charge is 2.40. The highest BCUT2D eigenvalue weighted by molar-refractivity contribution is 5.95. The summed E-state index contributed by atoms with van der Waals surface area (Å²) in [5, 5.41) is 19.4. The van der Waals surface area contributed by atoms with Crippen LogP contribution in [0.2, 0.25) is 0 Å². The van der Waals surface area contributed by atoms with Crippen molar-refractivity contribution in [2.24, 2.45) is 5.41 Å². The molecule has 1 aromatic carbocycles. The summed E-state index contributed by atoms with van der Waals surface area (Å²) in [4.78, 5) is 24.0. The molecule has 0 aliphatic heterocycles. The Morgan fingerprint density at radius 1 is 1.33 bits per heavy atom. The average Bonchev–Trinajstić information content (AvgIpc) is 3.33. The summed E-state index contributed by atoms with van der Waals surface area (Å²) in [5.74, 6) is -1.12. The minimum Gasteiger partial charge on any atom is -0.476 e. The number of ether oxygens (including phenoxy) is 1. The average molecular weight is 372 g/mol. The van der Waals surface area contributed by atoms with Gasteiger partial charge in [0.2, 0.25) is 5.91 Å². The van der Waals surface area contributed by atoms with Crippen molar-refractivity contribution in [2.45, 2.75) is 39.0 Å². The van der Waals surface area contributed by atoms with E-state index < -0.39 is 5.97 Å². The van der Waals surface area contributed by atoms with Crippen LogP contribution in [0.5, 0.6) is 0 Å². The van der Waals surface area contributed by atoms with Gasteiger partial charge in [0.1, 0.15) is 0 Å². The van der Waals surface area contributed by atoms with E-state index >= 15 is 0 Å². The molecule has 27 heavy (non-hydrogen) atoms. The third-order valence-electron chi connectivity index (χ3n) is 5.05. The Morgan fingerprint density at radius 3 is 2.78 bits per heavy atom. The Kier molecular flexibility index (Phi) is 5.85. The summed E-state index contributed by atoms with van der Waals surface area (Å²) >= 11 is 0. The number of rotatable bonds is 8. The lowest BCUT2D eigenvalue weighted by molar-refractivity contribution is -0.126. The van der Waals surface area contributed by atoms with Crippen molar-refractivity contribution in [3.63, 3.8) is 0 Å². The molecule has 0 bridgehead atoms. The number of benzene rings is 1. The number of carbonyl (C=O) groups is 2. The lowest BCUT2D eigenvalue weighted by Gasteiger charge is -2.27. The van der Waals surface area contributed by atoms with Gasteiger partial charge in [-0.3, -0.25) is 4.79 Å². The molecule has 1 aromatic heterocycles. The number of nitrogens with zero attached hydrogens (tertiary/aromatic N) is 3. The maximum absolute atomic E-state index is 13.0. The van der Waals surface area contributed by atoms with Crippen molar-refractivity contribution >= 4 is 17.6 Å². The van der Waals surface area contributed by atoms with E-state index in [0.717, 1.165) is 32.1 Å². The second-order valence-corrected chi connectivity index (χ2v) is 6.79. The van der Waals surface area contributed by atoms with Crippen LogP contribution in [0.3, 0.4) is 0 Å². The predicted octanol–water partition coefficient (Wildman–Crippen LogP) is 2.89. The summed E-state index contributed by atoms with van der Waals surface area (Å²) in [5.41, 5.74) is 0.759. The number of nitrogens with one attached hydrogen (secondary N) is 1. The van der Waals surface area contributed by atoms with Crippen LogP contribution in [0.1, 0.15) is 49.5 Å². The molecule has 144 valence electrons. The molecular weight excluding hydrogens is 348 g/mol. The van der Waals surface area contributed by atoms with E-state index in [0.29, 0.717) is 24.6 Å². The summed E-state index contributed by atoms with van der Waals surface area (Å²) in [6.45, 7) is 3.18. The minimum atomic E-state index is -1.14. The predicted molar refractivity (Wildman–Crippen MR) is 99.0 cm³/mol. The number of hydrogen-bond donors (Lipinski definition) is 2. The molecule has 1 fully saturated rings. The first kappa shape index (κ1) is 19.0. The number of amides is 1. The van der Waals surface area contributed by atoms with Gasteiger partial charge in [0.25, 0.3) is 0 Å². The molecule has 0 atom stereocenters. The van der Waals surface area contributed by atoms with Gasteiger partial charge in [-0.1, -0.05) is 24.1 Å². The molecule has 1 amide bonds. The minimum absolute atomic E-state index is 0.0154. The van der Waals surface area contributed by atoms with E-state index in [2.05, 4.69) is 15.6 Å². The number of anilines is 1. The Morgan fingerprint density at radius 2 is 2.11 bits per heavy atom. The number of hydrogen-bond acceptors (Lipinski definition) is 5. The molecule has 0 spiro atoms. The smallest absolute Gasteiger partial charge is 0.358 e. The maximum Gasteiger partial charge on any atom is 0.358 e. The molecule has 1 saturated carbocycles. The van der Waals surface area contributed by atoms with Gasteiger partial charge in [-0.25, -0.2) is 9.48 Å². The fraction of sp³-hybridized carbons (Fsp3) is 0.474. The van der Waals surface area contributed by atoms with Crippen molar-refractivity contribution < 1.29 is 19.4 Å². The van der Waals surface area contributed by atoms with Gasteiger partial charge >= 0.3 is 5.97 Å². The molecule has 0 unspecified atom stereocenters. The van der Waals surface area contributed by atoms with E-state index in [1.807, 2.05) is 13.0 Å². The molecule has 1 aliphatic rings. The van der Waals surface area contributed by atoms with E-state index in [4.69, 9.17) is 9.84 Å². The Hall–Kier alpha value is -2.74. The van der Waals surface area contributed by atoms with Crippen LogP contribution in [-0.2, 0) is 9.53 Å². The van der Waals surface area contributed by atoms with Crippen LogP contribution in [0, 0.1) is 5.41 Å². The number of carboxylic acid groups (broad SMARTS) is 1. The maximum atomic E-state index is 13.0. The number of carboxylic acids is 1. The molecule has 0 radical (unpaired) electrons. The van der Waals surface area contributed by atoms with E-state index in [9.17, 15) is 9.59 Å². The van der Waals surface area contributed by atoms with Gasteiger partial charge in [-0.2, -0.15) is 0 Å². The summed E-state index contributed by atoms with van der Waals surface area (Å²) < 4.78 is 6.85. The van der Waals surface area contributed by atoms with Gasteiger partial charge in [-0.05, 0) is 44.4 Å². The van der Waals surface area contributed by atoms with E-state index in [-0.39, 0.29) is 17.0 Å². The Labute approximate surface area is 157 Å². The van der Waals surface area contributed by atoms with Crippen molar-refractivity contribution in [3.05, 3.63) is 36.2 Å². The van der Waals surface area contributed by atoms with Gasteiger partial charge < -0.3 is 15.2 Å². The fourth-order valence-electron chi connectivity index (χ4n) is 3.53. The lowest BCUT2D eigenvalue weighted by Crippen LogP contribution is -2.35. The second kappa shape index (κ2) is 8.30. The third-order valence-corrected chi connectivity index (χ3v) is 5.05. The van der Waals surface area contributed by atoms with Crippen molar-refractivity contribution in [1.82, 2.24) is 15.0 Å². The Balaban J connectivity index is 1.74. The second-order valence-electron chi connectivity index (χ2n) is 6.79. The zero-order valence-corrected chi connectivity index (χ0v) is 15.4. The largest absolute Gasteiger partial charge is 0.476 e. The summed E-state index contributed by atoms with van der Waals surface area (Å²) in [7, 11) is 0. The van der Waals surface area contributed by atoms with Crippen LogP contribution in [-0.4, -0.2) is 45.2 Å². The summed E-state index contributed by atoms with van der Waals surface area (Å²) in [6, 6.07) is 7.12. The third kappa shape index (κ3) is 4.33. The molecule has 8 nitrogen and oxygen atoms in total. The zero-order chi connectivity index (χ0) is 19.3. The molecule has 3 rings (SSSR count). The van der Waals surface area contributed by atoms with Crippen molar-refractivity contribution in [3.8, 4) is 5.69 Å². The lowest BCUT2D eigenvalue weighted by atomic mass is 9.82. The van der Waals surface area contributed by atoms with Gasteiger partial charge in [0.05, 0.1) is 17.3 Å². The monoisotopic (exact) mass is 372 g/mol. The summed E-state index contributed by atoms with van der Waals surface area (Å²) in [6.07, 6.45) is 5.90. The topological polar surface area (TPSA) is 106 Å². The molecule has 1 heterocycles. The Bertz CT molecular complexity index is 812. The number of aromatic carboxylic acids is 1. The molecule has 2 aromatic rings. The van der Waals surface area contributed by atoms with Gasteiger partial charge in [0.15, 0.2) is 5.69 Å². The first-order valence-corrected chi connectivity index (χ1v) is 9.19. The highest BCUT2D eigenvalue weighted by atomic mass is 16.5. The first-order valence-electron chi connectivity index (χ1n) is 9.19. The molecular formula is C19H24N4O4.